The summed E-state index contributed by atoms with van der Waals surface area (Å²) in [6, 6.07) is 3.27. The molecule has 5 heteroatoms. The summed E-state index contributed by atoms with van der Waals surface area (Å²) in [6.45, 7) is 0. The fourth-order valence-corrected chi connectivity index (χ4v) is 2.44. The SMILES string of the molecule is CN1C(=O)CC[C@H](CC(=O)O)[C@H]1c1ccco1. The van der Waals surface area contributed by atoms with E-state index in [1.807, 2.05) is 0 Å². The van der Waals surface area contributed by atoms with Crippen LogP contribution in [0.1, 0.15) is 31.1 Å². The first-order valence-electron chi connectivity index (χ1n) is 5.60. The summed E-state index contributed by atoms with van der Waals surface area (Å²) in [5.74, 6) is -0.226. The molecule has 5 nitrogen and oxygen atoms in total. The average molecular weight is 237 g/mol. The minimum absolute atomic E-state index is 0.0352. The number of amides is 1. The summed E-state index contributed by atoms with van der Waals surface area (Å²) in [5, 5.41) is 8.90. The highest BCUT2D eigenvalue weighted by atomic mass is 16.4. The van der Waals surface area contributed by atoms with E-state index in [1.165, 1.54) is 0 Å². The number of rotatable bonds is 3. The highest BCUT2D eigenvalue weighted by Gasteiger charge is 2.37. The van der Waals surface area contributed by atoms with Gasteiger partial charge < -0.3 is 14.4 Å². The Labute approximate surface area is 99.0 Å². The van der Waals surface area contributed by atoms with Gasteiger partial charge in [0.25, 0.3) is 0 Å². The minimum Gasteiger partial charge on any atom is -0.481 e. The van der Waals surface area contributed by atoms with Crippen LogP contribution in [0, 0.1) is 5.92 Å². The fraction of sp³-hybridized carbons (Fsp3) is 0.500. The highest BCUT2D eigenvalue weighted by Crippen LogP contribution is 2.37. The number of piperidine rings is 1. The van der Waals surface area contributed by atoms with Crippen LogP contribution in [-0.2, 0) is 9.59 Å². The number of aliphatic carboxylic acids is 1. The normalized spacial score (nSPS) is 25.0. The zero-order chi connectivity index (χ0) is 12.4. The first kappa shape index (κ1) is 11.7. The number of furan rings is 1. The predicted octanol–water partition coefficient (Wildman–Crippen LogP) is 1.66. The molecule has 0 radical (unpaired) electrons. The van der Waals surface area contributed by atoms with Gasteiger partial charge in [0.1, 0.15) is 5.76 Å². The quantitative estimate of drug-likeness (QED) is 0.867. The average Bonchev–Trinajstić information content (AvgIpc) is 2.76. The maximum absolute atomic E-state index is 11.7. The van der Waals surface area contributed by atoms with Gasteiger partial charge in [-0.1, -0.05) is 0 Å². The molecule has 0 aromatic carbocycles. The van der Waals surface area contributed by atoms with E-state index in [0.29, 0.717) is 18.6 Å². The van der Waals surface area contributed by atoms with E-state index < -0.39 is 5.97 Å². The molecule has 1 N–H and O–H groups in total. The third-order valence-electron chi connectivity index (χ3n) is 3.26. The standard InChI is InChI=1S/C12H15NO4/c1-13-10(14)5-4-8(7-11(15)16)12(13)9-3-2-6-17-9/h2-3,6,8,12H,4-5,7H2,1H3,(H,15,16)/t8-,12+/m1/s1. The van der Waals surface area contributed by atoms with Gasteiger partial charge in [-0.05, 0) is 24.5 Å². The van der Waals surface area contributed by atoms with Crippen molar-refractivity contribution in [1.82, 2.24) is 4.90 Å². The molecule has 1 amide bonds. The maximum Gasteiger partial charge on any atom is 0.303 e. The molecule has 92 valence electrons. The van der Waals surface area contributed by atoms with Gasteiger partial charge in [-0.2, -0.15) is 0 Å². The van der Waals surface area contributed by atoms with Crippen molar-refractivity contribution in [2.45, 2.75) is 25.3 Å². The van der Waals surface area contributed by atoms with Crippen LogP contribution in [0.25, 0.3) is 0 Å². The molecule has 0 unspecified atom stereocenters. The number of hydrogen-bond donors (Lipinski definition) is 1. The maximum atomic E-state index is 11.7. The fourth-order valence-electron chi connectivity index (χ4n) is 2.44. The van der Waals surface area contributed by atoms with E-state index in [0.717, 1.165) is 0 Å². The van der Waals surface area contributed by atoms with Crippen LogP contribution in [0.5, 0.6) is 0 Å². The number of carboxylic acids is 1. The lowest BCUT2D eigenvalue weighted by Crippen LogP contribution is -2.40. The number of likely N-dealkylation sites (tertiary alicyclic amines) is 1. The number of nitrogens with zero attached hydrogens (tertiary/aromatic N) is 1. The van der Waals surface area contributed by atoms with Gasteiger partial charge in [0.05, 0.1) is 18.7 Å². The molecule has 1 aromatic rings. The van der Waals surface area contributed by atoms with Crippen molar-refractivity contribution in [3.63, 3.8) is 0 Å². The Kier molecular flexibility index (Phi) is 3.17. The largest absolute Gasteiger partial charge is 0.481 e. The zero-order valence-electron chi connectivity index (χ0n) is 9.63. The van der Waals surface area contributed by atoms with Crippen LogP contribution < -0.4 is 0 Å². The number of carbonyl (C=O) groups excluding carboxylic acids is 1. The molecular formula is C12H15NO4. The molecular weight excluding hydrogens is 222 g/mol. The lowest BCUT2D eigenvalue weighted by Gasteiger charge is -2.37. The molecule has 17 heavy (non-hydrogen) atoms. The van der Waals surface area contributed by atoms with Crippen LogP contribution in [-0.4, -0.2) is 28.9 Å². The summed E-state index contributed by atoms with van der Waals surface area (Å²) in [6.07, 6.45) is 2.61. The minimum atomic E-state index is -0.839. The molecule has 1 aliphatic rings. The van der Waals surface area contributed by atoms with E-state index in [4.69, 9.17) is 9.52 Å². The van der Waals surface area contributed by atoms with Gasteiger partial charge in [0, 0.05) is 13.5 Å². The molecule has 2 heterocycles. The summed E-state index contributed by atoms with van der Waals surface area (Å²) >= 11 is 0. The Morgan fingerprint density at radius 1 is 1.65 bits per heavy atom. The lowest BCUT2D eigenvalue weighted by molar-refractivity contribution is -0.144. The summed E-state index contributed by atoms with van der Waals surface area (Å²) < 4.78 is 5.32. The Morgan fingerprint density at radius 2 is 2.41 bits per heavy atom. The Bertz CT molecular complexity index is 412. The third-order valence-corrected chi connectivity index (χ3v) is 3.26. The molecule has 1 fully saturated rings. The Balaban J connectivity index is 2.25. The van der Waals surface area contributed by atoms with Gasteiger partial charge in [-0.25, -0.2) is 0 Å². The second-order valence-corrected chi connectivity index (χ2v) is 4.36. The van der Waals surface area contributed by atoms with E-state index in [9.17, 15) is 9.59 Å². The zero-order valence-corrected chi connectivity index (χ0v) is 9.63. The molecule has 1 aromatic heterocycles. The van der Waals surface area contributed by atoms with E-state index in [1.54, 1.807) is 30.3 Å². The van der Waals surface area contributed by atoms with Gasteiger partial charge in [-0.3, -0.25) is 9.59 Å². The summed E-state index contributed by atoms with van der Waals surface area (Å²) in [7, 11) is 1.70. The topological polar surface area (TPSA) is 70.8 Å². The van der Waals surface area contributed by atoms with E-state index >= 15 is 0 Å². The Hall–Kier alpha value is -1.78. The summed E-state index contributed by atoms with van der Waals surface area (Å²) in [5.41, 5.74) is 0. The van der Waals surface area contributed by atoms with Crippen LogP contribution in [0.4, 0.5) is 0 Å². The van der Waals surface area contributed by atoms with Crippen LogP contribution in [0.15, 0.2) is 22.8 Å². The summed E-state index contributed by atoms with van der Waals surface area (Å²) in [4.78, 5) is 24.1. The van der Waals surface area contributed by atoms with E-state index in [2.05, 4.69) is 0 Å². The van der Waals surface area contributed by atoms with Gasteiger partial charge in [0.2, 0.25) is 5.91 Å². The molecule has 1 saturated heterocycles. The molecule has 0 bridgehead atoms. The second kappa shape index (κ2) is 4.61. The van der Waals surface area contributed by atoms with E-state index in [-0.39, 0.29) is 24.3 Å². The van der Waals surface area contributed by atoms with Gasteiger partial charge in [0.15, 0.2) is 0 Å². The highest BCUT2D eigenvalue weighted by molar-refractivity contribution is 5.77. The molecule has 0 saturated carbocycles. The molecule has 1 aliphatic heterocycles. The van der Waals surface area contributed by atoms with Crippen molar-refractivity contribution < 1.29 is 19.1 Å². The second-order valence-electron chi connectivity index (χ2n) is 4.36. The van der Waals surface area contributed by atoms with Gasteiger partial charge >= 0.3 is 5.97 Å². The first-order chi connectivity index (χ1) is 8.09. The van der Waals surface area contributed by atoms with Crippen molar-refractivity contribution in [2.75, 3.05) is 7.05 Å². The van der Waals surface area contributed by atoms with Crippen molar-refractivity contribution in [3.05, 3.63) is 24.2 Å². The number of carboxylic acid groups (broad SMARTS) is 1. The number of hydrogen-bond acceptors (Lipinski definition) is 3. The lowest BCUT2D eigenvalue weighted by atomic mass is 9.85. The molecule has 2 rings (SSSR count). The van der Waals surface area contributed by atoms with Crippen LogP contribution >= 0.6 is 0 Å². The van der Waals surface area contributed by atoms with Crippen LogP contribution in [0.3, 0.4) is 0 Å². The first-order valence-corrected chi connectivity index (χ1v) is 5.60. The van der Waals surface area contributed by atoms with Crippen LogP contribution in [0.2, 0.25) is 0 Å². The predicted molar refractivity (Wildman–Crippen MR) is 59.2 cm³/mol. The smallest absolute Gasteiger partial charge is 0.303 e. The van der Waals surface area contributed by atoms with Gasteiger partial charge in [-0.15, -0.1) is 0 Å². The molecule has 0 spiro atoms. The van der Waals surface area contributed by atoms with Crippen molar-refractivity contribution in [3.8, 4) is 0 Å². The molecule has 0 aliphatic carbocycles. The monoisotopic (exact) mass is 237 g/mol. The number of carbonyl (C=O) groups is 2. The molecule has 2 atom stereocenters. The van der Waals surface area contributed by atoms with Crippen molar-refractivity contribution in [1.29, 1.82) is 0 Å². The van der Waals surface area contributed by atoms with Crippen molar-refractivity contribution in [2.24, 2.45) is 5.92 Å². The third kappa shape index (κ3) is 2.33. The Morgan fingerprint density at radius 3 is 3.00 bits per heavy atom. The van der Waals surface area contributed by atoms with Crippen molar-refractivity contribution >= 4 is 11.9 Å².